The number of thioether (sulfide) groups is 1. The van der Waals surface area contributed by atoms with Crippen molar-refractivity contribution in [3.8, 4) is 0 Å². The second kappa shape index (κ2) is 6.59. The molecule has 4 heterocycles. The van der Waals surface area contributed by atoms with Crippen LogP contribution in [-0.4, -0.2) is 38.8 Å². The summed E-state index contributed by atoms with van der Waals surface area (Å²) in [5.74, 6) is 3.24. The van der Waals surface area contributed by atoms with Crippen molar-refractivity contribution in [3.63, 3.8) is 0 Å². The Bertz CT molecular complexity index is 630. The first-order valence-electron chi connectivity index (χ1n) is 8.39. The number of pyridine rings is 1. The zero-order chi connectivity index (χ0) is 14.8. The van der Waals surface area contributed by atoms with Crippen molar-refractivity contribution >= 4 is 22.9 Å². The summed E-state index contributed by atoms with van der Waals surface area (Å²) in [7, 11) is 0. The summed E-state index contributed by atoms with van der Waals surface area (Å²) < 4.78 is 7.89. The fourth-order valence-electron chi connectivity index (χ4n) is 3.55. The highest BCUT2D eigenvalue weighted by atomic mass is 32.2. The van der Waals surface area contributed by atoms with Crippen molar-refractivity contribution in [2.24, 2.45) is 5.92 Å². The average molecular weight is 317 g/mol. The van der Waals surface area contributed by atoms with Crippen LogP contribution in [0.3, 0.4) is 0 Å². The lowest BCUT2D eigenvalue weighted by Gasteiger charge is -2.22. The molecule has 0 aliphatic carbocycles. The number of ether oxygens (including phenoxy) is 1. The van der Waals surface area contributed by atoms with Gasteiger partial charge in [-0.1, -0.05) is 0 Å². The molecule has 0 bridgehead atoms. The Morgan fingerprint density at radius 1 is 1.27 bits per heavy atom. The van der Waals surface area contributed by atoms with E-state index in [1.54, 1.807) is 0 Å². The third-order valence-electron chi connectivity index (χ3n) is 4.81. The van der Waals surface area contributed by atoms with Gasteiger partial charge >= 0.3 is 0 Å². The van der Waals surface area contributed by atoms with Crippen LogP contribution in [0.25, 0.3) is 11.2 Å². The van der Waals surface area contributed by atoms with E-state index in [9.17, 15) is 0 Å². The predicted octanol–water partition coefficient (Wildman–Crippen LogP) is 3.30. The quantitative estimate of drug-likeness (QED) is 0.867. The molecule has 0 radical (unpaired) electrons. The van der Waals surface area contributed by atoms with E-state index >= 15 is 0 Å². The van der Waals surface area contributed by atoms with Gasteiger partial charge in [0.05, 0.1) is 0 Å². The van der Waals surface area contributed by atoms with Gasteiger partial charge in [0, 0.05) is 37.6 Å². The molecule has 2 aliphatic heterocycles. The Morgan fingerprint density at radius 3 is 3.00 bits per heavy atom. The summed E-state index contributed by atoms with van der Waals surface area (Å²) in [6.45, 7) is 2.87. The number of nitrogens with zero attached hydrogens (tertiary/aromatic N) is 3. The zero-order valence-electron chi connectivity index (χ0n) is 12.9. The number of fused-ring (bicyclic) bond motifs is 1. The van der Waals surface area contributed by atoms with Crippen molar-refractivity contribution in [3.05, 3.63) is 24.2 Å². The lowest BCUT2D eigenvalue weighted by Crippen LogP contribution is -2.21. The highest BCUT2D eigenvalue weighted by Gasteiger charge is 2.22. The van der Waals surface area contributed by atoms with Crippen molar-refractivity contribution < 1.29 is 4.74 Å². The predicted molar refractivity (Wildman–Crippen MR) is 90.3 cm³/mol. The second-order valence-electron chi connectivity index (χ2n) is 6.38. The summed E-state index contributed by atoms with van der Waals surface area (Å²) in [4.78, 5) is 9.50. The number of imidazole rings is 1. The van der Waals surface area contributed by atoms with Crippen LogP contribution < -0.4 is 0 Å². The van der Waals surface area contributed by atoms with E-state index in [-0.39, 0.29) is 0 Å². The topological polar surface area (TPSA) is 39.9 Å². The molecule has 118 valence electrons. The molecule has 0 N–H and O–H groups in total. The minimum absolute atomic E-state index is 0.709. The highest BCUT2D eigenvalue weighted by molar-refractivity contribution is 8.00. The number of rotatable bonds is 4. The van der Waals surface area contributed by atoms with Gasteiger partial charge in [-0.15, -0.1) is 0 Å². The molecule has 4 nitrogen and oxygen atoms in total. The van der Waals surface area contributed by atoms with Crippen molar-refractivity contribution in [2.75, 3.05) is 19.0 Å². The van der Waals surface area contributed by atoms with Gasteiger partial charge in [0.15, 0.2) is 5.65 Å². The lowest BCUT2D eigenvalue weighted by molar-refractivity contribution is 0.0657. The average Bonchev–Trinajstić information content (AvgIpc) is 3.18. The van der Waals surface area contributed by atoms with E-state index < -0.39 is 0 Å². The fourth-order valence-corrected chi connectivity index (χ4v) is 4.81. The van der Waals surface area contributed by atoms with Gasteiger partial charge in [-0.25, -0.2) is 9.97 Å². The van der Waals surface area contributed by atoms with Crippen LogP contribution in [0.15, 0.2) is 18.3 Å². The first-order valence-corrected chi connectivity index (χ1v) is 9.44. The molecule has 1 unspecified atom stereocenters. The number of aromatic nitrogens is 3. The molecule has 0 saturated carbocycles. The monoisotopic (exact) mass is 317 g/mol. The molecule has 2 aliphatic rings. The van der Waals surface area contributed by atoms with Crippen LogP contribution in [0.5, 0.6) is 0 Å². The van der Waals surface area contributed by atoms with Gasteiger partial charge in [0.2, 0.25) is 0 Å². The smallest absolute Gasteiger partial charge is 0.160 e. The standard InChI is InChI=1S/C17H23N3OS/c1-4-15-17(18-7-1)20(12-14-3-2-10-22-14)16(19-15)11-13-5-8-21-9-6-13/h1,4,7,13-14H,2-3,5-6,8-12H2. The van der Waals surface area contributed by atoms with Crippen molar-refractivity contribution in [1.29, 1.82) is 0 Å². The number of hydrogen-bond acceptors (Lipinski definition) is 4. The van der Waals surface area contributed by atoms with Crippen LogP contribution in [0, 0.1) is 5.92 Å². The molecule has 2 aromatic heterocycles. The van der Waals surface area contributed by atoms with Crippen LogP contribution in [0.2, 0.25) is 0 Å². The van der Waals surface area contributed by atoms with Gasteiger partial charge in [0.1, 0.15) is 11.3 Å². The molecule has 22 heavy (non-hydrogen) atoms. The number of hydrogen-bond donors (Lipinski definition) is 0. The zero-order valence-corrected chi connectivity index (χ0v) is 13.7. The van der Waals surface area contributed by atoms with E-state index in [1.807, 2.05) is 12.3 Å². The molecule has 4 rings (SSSR count). The maximum atomic E-state index is 5.49. The SMILES string of the molecule is c1cnc2c(c1)nc(CC1CCOCC1)n2CC1CCCS1. The summed E-state index contributed by atoms with van der Waals surface area (Å²) in [6.07, 6.45) is 7.96. The van der Waals surface area contributed by atoms with Crippen molar-refractivity contribution in [1.82, 2.24) is 14.5 Å². The normalized spacial score (nSPS) is 23.4. The first kappa shape index (κ1) is 14.5. The van der Waals surface area contributed by atoms with E-state index in [2.05, 4.69) is 27.4 Å². The van der Waals surface area contributed by atoms with E-state index in [0.717, 1.165) is 55.4 Å². The third kappa shape index (κ3) is 3.01. The third-order valence-corrected chi connectivity index (χ3v) is 6.19. The minimum atomic E-state index is 0.709. The summed E-state index contributed by atoms with van der Waals surface area (Å²) in [5, 5.41) is 0.729. The van der Waals surface area contributed by atoms with Gasteiger partial charge in [-0.05, 0) is 49.5 Å². The second-order valence-corrected chi connectivity index (χ2v) is 7.79. The molecule has 2 saturated heterocycles. The van der Waals surface area contributed by atoms with Crippen LogP contribution in [0.1, 0.15) is 31.5 Å². The van der Waals surface area contributed by atoms with Gasteiger partial charge in [0.25, 0.3) is 0 Å². The van der Waals surface area contributed by atoms with Crippen LogP contribution in [-0.2, 0) is 17.7 Å². The van der Waals surface area contributed by atoms with Gasteiger partial charge < -0.3 is 9.30 Å². The van der Waals surface area contributed by atoms with E-state index in [1.165, 1.54) is 24.4 Å². The maximum Gasteiger partial charge on any atom is 0.160 e. The molecule has 5 heteroatoms. The van der Waals surface area contributed by atoms with Crippen molar-refractivity contribution in [2.45, 2.75) is 43.9 Å². The van der Waals surface area contributed by atoms with E-state index in [4.69, 9.17) is 9.72 Å². The van der Waals surface area contributed by atoms with Gasteiger partial charge in [-0.3, -0.25) is 0 Å². The van der Waals surface area contributed by atoms with Gasteiger partial charge in [-0.2, -0.15) is 11.8 Å². The summed E-state index contributed by atoms with van der Waals surface area (Å²) in [6, 6.07) is 4.08. The Hall–Kier alpha value is -1.07. The Balaban J connectivity index is 1.62. The molecule has 2 fully saturated rings. The molecular weight excluding hydrogens is 294 g/mol. The van der Waals surface area contributed by atoms with E-state index in [0.29, 0.717) is 5.92 Å². The summed E-state index contributed by atoms with van der Waals surface area (Å²) in [5.41, 5.74) is 2.12. The fraction of sp³-hybridized carbons (Fsp3) is 0.647. The molecule has 1 atom stereocenters. The Labute approximate surface area is 135 Å². The Kier molecular flexibility index (Phi) is 4.35. The largest absolute Gasteiger partial charge is 0.381 e. The molecule has 0 spiro atoms. The van der Waals surface area contributed by atoms with Crippen LogP contribution in [0.4, 0.5) is 0 Å². The highest BCUT2D eigenvalue weighted by Crippen LogP contribution is 2.30. The molecular formula is C17H23N3OS. The molecule has 0 amide bonds. The summed E-state index contributed by atoms with van der Waals surface area (Å²) >= 11 is 2.11. The maximum absolute atomic E-state index is 5.49. The van der Waals surface area contributed by atoms with Crippen LogP contribution >= 0.6 is 11.8 Å². The minimum Gasteiger partial charge on any atom is -0.381 e. The first-order chi connectivity index (χ1) is 10.9. The molecule has 0 aromatic carbocycles. The Morgan fingerprint density at radius 2 is 2.18 bits per heavy atom. The molecule has 2 aromatic rings. The lowest BCUT2D eigenvalue weighted by atomic mass is 9.96.